The van der Waals surface area contributed by atoms with Gasteiger partial charge in [-0.15, -0.1) is 0 Å². The predicted molar refractivity (Wildman–Crippen MR) is 110 cm³/mol. The molecule has 2 aromatic carbocycles. The van der Waals surface area contributed by atoms with Gasteiger partial charge in [0.05, 0.1) is 14.2 Å². The Morgan fingerprint density at radius 1 is 0.929 bits per heavy atom. The molecule has 0 bridgehead atoms. The number of urea groups is 1. The lowest BCUT2D eigenvalue weighted by atomic mass is 10.0. The second-order valence-corrected chi connectivity index (χ2v) is 6.70. The van der Waals surface area contributed by atoms with Crippen molar-refractivity contribution in [1.29, 1.82) is 0 Å². The van der Waals surface area contributed by atoms with Crippen LogP contribution in [0.5, 0.6) is 11.5 Å². The standard InChI is InChI=1S/C21H27N3O4/c1-13(2)19(24-21(26)22-15-9-7-6-8-10-15)20(25)23-16-12-18(28-5)17(27-4)11-14(16)3/h6-13,19H,1-5H3,(H,23,25)(H2,22,24,26). The van der Waals surface area contributed by atoms with E-state index in [0.29, 0.717) is 22.9 Å². The quantitative estimate of drug-likeness (QED) is 0.676. The highest BCUT2D eigenvalue weighted by atomic mass is 16.5. The molecule has 2 rings (SSSR count). The van der Waals surface area contributed by atoms with E-state index < -0.39 is 12.1 Å². The molecule has 7 heteroatoms. The Bertz CT molecular complexity index is 822. The van der Waals surface area contributed by atoms with Gasteiger partial charge < -0.3 is 25.4 Å². The van der Waals surface area contributed by atoms with Gasteiger partial charge in [0.1, 0.15) is 6.04 Å². The van der Waals surface area contributed by atoms with E-state index in [1.54, 1.807) is 31.4 Å². The molecule has 0 fully saturated rings. The van der Waals surface area contributed by atoms with Crippen molar-refractivity contribution in [1.82, 2.24) is 5.32 Å². The van der Waals surface area contributed by atoms with Crippen molar-refractivity contribution in [3.63, 3.8) is 0 Å². The number of benzene rings is 2. The molecule has 0 saturated carbocycles. The topological polar surface area (TPSA) is 88.7 Å². The van der Waals surface area contributed by atoms with Crippen LogP contribution in [-0.4, -0.2) is 32.2 Å². The van der Waals surface area contributed by atoms with Crippen LogP contribution >= 0.6 is 0 Å². The molecule has 0 aliphatic carbocycles. The van der Waals surface area contributed by atoms with E-state index in [1.807, 2.05) is 39.0 Å². The van der Waals surface area contributed by atoms with Gasteiger partial charge in [-0.1, -0.05) is 32.0 Å². The Morgan fingerprint density at radius 3 is 2.11 bits per heavy atom. The van der Waals surface area contributed by atoms with Crippen molar-refractivity contribution in [3.05, 3.63) is 48.0 Å². The maximum absolute atomic E-state index is 12.8. The van der Waals surface area contributed by atoms with E-state index in [2.05, 4.69) is 16.0 Å². The third-order valence-corrected chi connectivity index (χ3v) is 4.26. The van der Waals surface area contributed by atoms with Gasteiger partial charge in [-0.2, -0.15) is 0 Å². The second kappa shape index (κ2) is 9.64. The molecule has 150 valence electrons. The van der Waals surface area contributed by atoms with Gasteiger partial charge in [0.25, 0.3) is 0 Å². The zero-order valence-corrected chi connectivity index (χ0v) is 16.8. The lowest BCUT2D eigenvalue weighted by molar-refractivity contribution is -0.118. The van der Waals surface area contributed by atoms with Crippen molar-refractivity contribution in [2.24, 2.45) is 5.92 Å². The summed E-state index contributed by atoms with van der Waals surface area (Å²) in [4.78, 5) is 25.1. The first-order valence-corrected chi connectivity index (χ1v) is 9.01. The molecule has 3 N–H and O–H groups in total. The second-order valence-electron chi connectivity index (χ2n) is 6.70. The van der Waals surface area contributed by atoms with Crippen LogP contribution in [0.1, 0.15) is 19.4 Å². The number of carbonyl (C=O) groups excluding carboxylic acids is 2. The highest BCUT2D eigenvalue weighted by Gasteiger charge is 2.25. The summed E-state index contributed by atoms with van der Waals surface area (Å²) < 4.78 is 10.6. The molecule has 0 radical (unpaired) electrons. The molecule has 0 spiro atoms. The third kappa shape index (κ3) is 5.39. The first-order chi connectivity index (χ1) is 13.3. The van der Waals surface area contributed by atoms with E-state index in [-0.39, 0.29) is 11.8 Å². The molecule has 2 aromatic rings. The highest BCUT2D eigenvalue weighted by Crippen LogP contribution is 2.33. The average molecular weight is 385 g/mol. The summed E-state index contributed by atoms with van der Waals surface area (Å²) >= 11 is 0. The number of ether oxygens (including phenoxy) is 2. The minimum Gasteiger partial charge on any atom is -0.493 e. The minimum atomic E-state index is -0.712. The van der Waals surface area contributed by atoms with Crippen LogP contribution in [0.25, 0.3) is 0 Å². The maximum Gasteiger partial charge on any atom is 0.319 e. The van der Waals surface area contributed by atoms with E-state index in [4.69, 9.17) is 9.47 Å². The van der Waals surface area contributed by atoms with Crippen molar-refractivity contribution in [2.45, 2.75) is 26.8 Å². The molecule has 0 aliphatic heterocycles. The van der Waals surface area contributed by atoms with Gasteiger partial charge in [-0.05, 0) is 36.6 Å². The van der Waals surface area contributed by atoms with Crippen LogP contribution in [0.15, 0.2) is 42.5 Å². The van der Waals surface area contributed by atoms with Crippen LogP contribution in [0, 0.1) is 12.8 Å². The van der Waals surface area contributed by atoms with Gasteiger partial charge >= 0.3 is 6.03 Å². The van der Waals surface area contributed by atoms with Crippen molar-refractivity contribution in [2.75, 3.05) is 24.9 Å². The zero-order chi connectivity index (χ0) is 20.7. The van der Waals surface area contributed by atoms with Crippen LogP contribution < -0.4 is 25.4 Å². The van der Waals surface area contributed by atoms with Crippen LogP contribution in [0.3, 0.4) is 0 Å². The first kappa shape index (κ1) is 21.1. The fourth-order valence-electron chi connectivity index (χ4n) is 2.69. The normalized spacial score (nSPS) is 11.5. The van der Waals surface area contributed by atoms with Gasteiger partial charge in [0.2, 0.25) is 5.91 Å². The lowest BCUT2D eigenvalue weighted by Crippen LogP contribution is -2.48. The van der Waals surface area contributed by atoms with E-state index in [1.165, 1.54) is 7.11 Å². The molecule has 1 atom stereocenters. The highest BCUT2D eigenvalue weighted by molar-refractivity contribution is 6.00. The summed E-state index contributed by atoms with van der Waals surface area (Å²) in [6.07, 6.45) is 0. The van der Waals surface area contributed by atoms with Crippen LogP contribution in [-0.2, 0) is 4.79 Å². The Kier molecular flexibility index (Phi) is 7.26. The summed E-state index contributed by atoms with van der Waals surface area (Å²) in [5, 5.41) is 8.33. The third-order valence-electron chi connectivity index (χ3n) is 4.26. The molecule has 3 amide bonds. The number of amides is 3. The van der Waals surface area contributed by atoms with Crippen molar-refractivity contribution < 1.29 is 19.1 Å². The molecular formula is C21H27N3O4. The summed E-state index contributed by atoms with van der Waals surface area (Å²) in [6.45, 7) is 5.60. The molecule has 28 heavy (non-hydrogen) atoms. The number of rotatable bonds is 7. The summed E-state index contributed by atoms with van der Waals surface area (Å²) in [5.41, 5.74) is 2.07. The first-order valence-electron chi connectivity index (χ1n) is 9.01. The number of anilines is 2. The lowest BCUT2D eigenvalue weighted by Gasteiger charge is -2.23. The summed E-state index contributed by atoms with van der Waals surface area (Å²) in [5.74, 6) is 0.675. The number of hydrogen-bond donors (Lipinski definition) is 3. The van der Waals surface area contributed by atoms with E-state index in [0.717, 1.165) is 5.56 Å². The Hall–Kier alpha value is -3.22. The van der Waals surface area contributed by atoms with Gasteiger partial charge in [0, 0.05) is 17.4 Å². The molecule has 0 aliphatic rings. The average Bonchev–Trinajstić information content (AvgIpc) is 2.67. The monoisotopic (exact) mass is 385 g/mol. The fraction of sp³-hybridized carbons (Fsp3) is 0.333. The van der Waals surface area contributed by atoms with Gasteiger partial charge in [0.15, 0.2) is 11.5 Å². The van der Waals surface area contributed by atoms with Crippen LogP contribution in [0.2, 0.25) is 0 Å². The van der Waals surface area contributed by atoms with E-state index >= 15 is 0 Å². The predicted octanol–water partition coefficient (Wildman–Crippen LogP) is 3.80. The summed E-state index contributed by atoms with van der Waals surface area (Å²) in [6, 6.07) is 11.4. The van der Waals surface area contributed by atoms with E-state index in [9.17, 15) is 9.59 Å². The molecule has 1 unspecified atom stereocenters. The molecule has 0 aromatic heterocycles. The maximum atomic E-state index is 12.8. The van der Waals surface area contributed by atoms with Crippen LogP contribution in [0.4, 0.5) is 16.2 Å². The van der Waals surface area contributed by atoms with Gasteiger partial charge in [-0.3, -0.25) is 4.79 Å². The number of nitrogens with one attached hydrogen (secondary N) is 3. The smallest absolute Gasteiger partial charge is 0.319 e. The SMILES string of the molecule is COc1cc(C)c(NC(=O)C(NC(=O)Nc2ccccc2)C(C)C)cc1OC. The minimum absolute atomic E-state index is 0.109. The summed E-state index contributed by atoms with van der Waals surface area (Å²) in [7, 11) is 3.09. The molecular weight excluding hydrogens is 358 g/mol. The number of carbonyl (C=O) groups is 2. The number of methoxy groups -OCH3 is 2. The number of hydrogen-bond acceptors (Lipinski definition) is 4. The van der Waals surface area contributed by atoms with Crippen molar-refractivity contribution >= 4 is 23.3 Å². The molecule has 0 saturated heterocycles. The molecule has 0 heterocycles. The Balaban J connectivity index is 2.11. The zero-order valence-electron chi connectivity index (χ0n) is 16.8. The number of para-hydroxylation sites is 1. The number of aryl methyl sites for hydroxylation is 1. The Morgan fingerprint density at radius 2 is 1.54 bits per heavy atom. The van der Waals surface area contributed by atoms with Gasteiger partial charge in [-0.25, -0.2) is 4.79 Å². The fourth-order valence-corrected chi connectivity index (χ4v) is 2.69. The Labute approximate surface area is 165 Å². The van der Waals surface area contributed by atoms with Crippen molar-refractivity contribution in [3.8, 4) is 11.5 Å². The molecule has 7 nitrogen and oxygen atoms in total. The largest absolute Gasteiger partial charge is 0.493 e.